The topological polar surface area (TPSA) is 465 Å². The van der Waals surface area contributed by atoms with Gasteiger partial charge in [-0.1, -0.05) is 90.6 Å². The summed E-state index contributed by atoms with van der Waals surface area (Å²) in [6.45, 7) is 8.57. The number of hydrogen-bond donors (Lipinski definition) is 17. The van der Waals surface area contributed by atoms with Crippen molar-refractivity contribution < 1.29 is 63.0 Å². The van der Waals surface area contributed by atoms with Crippen LogP contribution in [-0.4, -0.2) is 181 Å². The minimum Gasteiger partial charge on any atom is -0.394 e. The highest BCUT2D eigenvalue weighted by molar-refractivity contribution is 5.99. The molecule has 474 valence electrons. The van der Waals surface area contributed by atoms with Crippen LogP contribution in [0, 0.1) is 11.8 Å². The van der Waals surface area contributed by atoms with Crippen molar-refractivity contribution in [2.75, 3.05) is 39.3 Å². The first kappa shape index (κ1) is 73.3. The van der Waals surface area contributed by atoms with Crippen LogP contribution >= 0.6 is 0 Å². The zero-order valence-corrected chi connectivity index (χ0v) is 49.7. The molecule has 84 heavy (non-hydrogen) atoms. The van der Waals surface area contributed by atoms with E-state index in [-0.39, 0.29) is 95.9 Å². The van der Waals surface area contributed by atoms with Crippen LogP contribution in [0.3, 0.4) is 0 Å². The van der Waals surface area contributed by atoms with Gasteiger partial charge in [0.25, 0.3) is 0 Å². The zero-order valence-electron chi connectivity index (χ0n) is 49.7. The molecule has 0 saturated carbocycles. The van der Waals surface area contributed by atoms with Gasteiger partial charge in [-0.25, -0.2) is 0 Å². The molecule has 1 aromatic rings. The number of aliphatic hydroxyl groups is 2. The fourth-order valence-corrected chi connectivity index (χ4v) is 9.12. The quantitative estimate of drug-likeness (QED) is 0.0338. The molecule has 2 rings (SSSR count). The molecule has 1 heterocycles. The molecule has 0 spiro atoms. The summed E-state index contributed by atoms with van der Waals surface area (Å²) in [5.74, 6) is -9.91. The van der Waals surface area contributed by atoms with E-state index in [0.29, 0.717) is 12.0 Å². The van der Waals surface area contributed by atoms with Crippen molar-refractivity contribution >= 4 is 65.0 Å². The number of carbonyl (C=O) groups is 11. The summed E-state index contributed by atoms with van der Waals surface area (Å²) in [4.78, 5) is 154. The number of benzene rings is 1. The second-order valence-corrected chi connectivity index (χ2v) is 22.0. The van der Waals surface area contributed by atoms with Gasteiger partial charge in [-0.05, 0) is 102 Å². The van der Waals surface area contributed by atoms with Gasteiger partial charge < -0.3 is 91.6 Å². The van der Waals surface area contributed by atoms with Crippen LogP contribution in [0.4, 0.5) is 0 Å². The first-order chi connectivity index (χ1) is 39.9. The molecule has 1 aliphatic heterocycles. The average molecular weight is 1190 g/mol. The van der Waals surface area contributed by atoms with E-state index in [2.05, 4.69) is 65.4 Å². The van der Waals surface area contributed by atoms with Gasteiger partial charge in [0.05, 0.1) is 12.7 Å². The molecule has 0 unspecified atom stereocenters. The molecule has 0 bridgehead atoms. The minimum atomic E-state index is -1.80. The highest BCUT2D eigenvalue weighted by Gasteiger charge is 2.37. The Morgan fingerprint density at radius 3 is 1.55 bits per heavy atom. The van der Waals surface area contributed by atoms with Crippen molar-refractivity contribution in [2.24, 2.45) is 34.8 Å². The summed E-state index contributed by atoms with van der Waals surface area (Å²) >= 11 is 0. The molecule has 11 atom stereocenters. The number of nitrogens with two attached hydrogens (primary N) is 4. The SMILES string of the molecule is CCCCCCCC(=O)N[C@@H](CCN)C(=O)N[C@H](C(=O)N[C@@H](CCN)C(=O)N[C@H]1CCNC(=O)[C@H](CC(C)C)NC(=O)[C@H](CCN)NC(=O)[C@H](CCN)NC(=O)[C@H](CC(C)C)NC(=O)[C@@H](Cc2ccccc2)NC(=O)[C@H](CO)NC1=O)[C@@H](C)O. The molecule has 21 N–H and O–H groups in total. The lowest BCUT2D eigenvalue weighted by molar-refractivity contribution is -0.137. The van der Waals surface area contributed by atoms with E-state index >= 15 is 0 Å². The standard InChI is InChI=1S/C56H97N15O13/c1-7-8-9-10-14-17-45(74)62-36(18-23-57)52(80)71-46(34(6)73)56(84)66-39(21-26-60)49(77)65-40-22-27-61-47(75)41(28-32(2)3)67-50(78)38(20-25-59)63-48(76)37(19-24-58)64-53(81)42(29-33(4)5)68-54(82)43(30-35-15-12-11-13-16-35)69-55(83)44(31-72)70-51(40)79/h11-13,15-16,32-34,36-44,46,72-73H,7-10,14,17-31,57-60H2,1-6H3,(H,61,75)(H,62,74)(H,63,76)(H,64,81)(H,65,77)(H,66,84)(H,67,78)(H,68,82)(H,69,83)(H,70,79)(H,71,80)/t34-,36+,37+,38+,39+,40+,41+,42+,43-,44+,46+/m1/s1. The Kier molecular flexibility index (Phi) is 34.6. The molecule has 11 amide bonds. The number of aliphatic hydroxyl groups excluding tert-OH is 2. The van der Waals surface area contributed by atoms with Crippen molar-refractivity contribution in [3.63, 3.8) is 0 Å². The van der Waals surface area contributed by atoms with Gasteiger partial charge >= 0.3 is 0 Å². The van der Waals surface area contributed by atoms with Crippen molar-refractivity contribution in [1.29, 1.82) is 0 Å². The molecule has 1 aliphatic rings. The van der Waals surface area contributed by atoms with E-state index < -0.39 is 145 Å². The third-order valence-corrected chi connectivity index (χ3v) is 13.7. The predicted molar refractivity (Wildman–Crippen MR) is 313 cm³/mol. The third-order valence-electron chi connectivity index (χ3n) is 13.7. The molecule has 1 aromatic carbocycles. The molecular formula is C56H97N15O13. The molecule has 0 aliphatic carbocycles. The monoisotopic (exact) mass is 1190 g/mol. The molecule has 1 fully saturated rings. The van der Waals surface area contributed by atoms with Crippen molar-refractivity contribution in [3.05, 3.63) is 35.9 Å². The molecule has 1 saturated heterocycles. The van der Waals surface area contributed by atoms with Gasteiger partial charge in [0, 0.05) is 19.4 Å². The normalized spacial score (nSPS) is 22.3. The van der Waals surface area contributed by atoms with Gasteiger partial charge in [-0.2, -0.15) is 0 Å². The maximum absolute atomic E-state index is 14.4. The van der Waals surface area contributed by atoms with Crippen LogP contribution in [0.1, 0.15) is 131 Å². The number of nitrogens with one attached hydrogen (secondary N) is 11. The Hall–Kier alpha value is -6.85. The summed E-state index contributed by atoms with van der Waals surface area (Å²) < 4.78 is 0. The lowest BCUT2D eigenvalue weighted by atomic mass is 10.00. The summed E-state index contributed by atoms with van der Waals surface area (Å²) in [5.41, 5.74) is 24.0. The smallest absolute Gasteiger partial charge is 0.245 e. The van der Waals surface area contributed by atoms with E-state index in [1.54, 1.807) is 58.0 Å². The Labute approximate surface area is 492 Å². The van der Waals surface area contributed by atoms with Gasteiger partial charge in [-0.3, -0.25) is 52.7 Å². The Balaban J connectivity index is 2.67. The van der Waals surface area contributed by atoms with Gasteiger partial charge in [0.1, 0.15) is 60.4 Å². The van der Waals surface area contributed by atoms with E-state index in [1.165, 1.54) is 6.92 Å². The highest BCUT2D eigenvalue weighted by atomic mass is 16.3. The lowest BCUT2D eigenvalue weighted by Gasteiger charge is -2.28. The van der Waals surface area contributed by atoms with Crippen LogP contribution in [0.25, 0.3) is 0 Å². The second-order valence-electron chi connectivity index (χ2n) is 22.0. The number of carbonyl (C=O) groups excluding carboxylic acids is 11. The first-order valence-electron chi connectivity index (χ1n) is 29.4. The second kappa shape index (κ2) is 39.6. The average Bonchev–Trinajstić information content (AvgIpc) is 3.51. The van der Waals surface area contributed by atoms with Gasteiger partial charge in [0.15, 0.2) is 0 Å². The van der Waals surface area contributed by atoms with Crippen molar-refractivity contribution in [1.82, 2.24) is 58.5 Å². The van der Waals surface area contributed by atoms with Gasteiger partial charge in [0.2, 0.25) is 65.0 Å². The number of amides is 11. The molecule has 0 radical (unpaired) electrons. The fraction of sp³-hybridized carbons (Fsp3) is 0.696. The minimum absolute atomic E-state index is 0.0107. The largest absolute Gasteiger partial charge is 0.394 e. The Morgan fingerprint density at radius 2 is 1.04 bits per heavy atom. The molecule has 28 heteroatoms. The molecule has 0 aromatic heterocycles. The Morgan fingerprint density at radius 1 is 0.560 bits per heavy atom. The van der Waals surface area contributed by atoms with Crippen molar-refractivity contribution in [3.8, 4) is 0 Å². The third kappa shape index (κ3) is 26.8. The van der Waals surface area contributed by atoms with Crippen LogP contribution in [0.5, 0.6) is 0 Å². The maximum Gasteiger partial charge on any atom is 0.245 e. The maximum atomic E-state index is 14.4. The zero-order chi connectivity index (χ0) is 62.9. The van der Waals surface area contributed by atoms with Crippen LogP contribution < -0.4 is 81.4 Å². The number of unbranched alkanes of at least 4 members (excludes halogenated alkanes) is 4. The summed E-state index contributed by atoms with van der Waals surface area (Å²) in [6, 6.07) is -6.06. The van der Waals surface area contributed by atoms with Gasteiger partial charge in [-0.15, -0.1) is 0 Å². The highest BCUT2D eigenvalue weighted by Crippen LogP contribution is 2.12. The molecule has 28 nitrogen and oxygen atoms in total. The van der Waals surface area contributed by atoms with E-state index in [1.807, 2.05) is 0 Å². The summed E-state index contributed by atoms with van der Waals surface area (Å²) in [5, 5.41) is 49.7. The summed E-state index contributed by atoms with van der Waals surface area (Å²) in [7, 11) is 0. The van der Waals surface area contributed by atoms with Crippen molar-refractivity contribution in [2.45, 2.75) is 198 Å². The fourth-order valence-electron chi connectivity index (χ4n) is 9.12. The first-order valence-corrected chi connectivity index (χ1v) is 29.4. The lowest BCUT2D eigenvalue weighted by Crippen LogP contribution is -2.62. The van der Waals surface area contributed by atoms with E-state index in [9.17, 15) is 63.0 Å². The Bertz CT molecular complexity index is 2280. The predicted octanol–water partition coefficient (Wildman–Crippen LogP) is -4.18. The van der Waals surface area contributed by atoms with Crippen LogP contribution in [0.2, 0.25) is 0 Å². The van der Waals surface area contributed by atoms with Crippen LogP contribution in [0.15, 0.2) is 30.3 Å². The van der Waals surface area contributed by atoms with E-state index in [0.717, 1.165) is 25.7 Å². The molecular weight excluding hydrogens is 1090 g/mol. The van der Waals surface area contributed by atoms with Crippen LogP contribution in [-0.2, 0) is 59.2 Å². The number of hydrogen-bond acceptors (Lipinski definition) is 17. The van der Waals surface area contributed by atoms with E-state index in [4.69, 9.17) is 22.9 Å². The summed E-state index contributed by atoms with van der Waals surface area (Å²) in [6.07, 6.45) is 2.03. The number of rotatable bonds is 29.